The molecule has 2 heteroatoms. The van der Waals surface area contributed by atoms with Gasteiger partial charge in [-0.05, 0) is 16.3 Å². The molecule has 2 N–H and O–H groups in total. The van der Waals surface area contributed by atoms with E-state index in [2.05, 4.69) is 95.2 Å². The van der Waals surface area contributed by atoms with Crippen molar-refractivity contribution in [3.05, 3.63) is 88.9 Å². The predicted molar refractivity (Wildman–Crippen MR) is 118 cm³/mol. The number of rotatable bonds is 0. The Bertz CT molecular complexity index is 1550. The number of benzene rings is 4. The summed E-state index contributed by atoms with van der Waals surface area (Å²) in [6.45, 7) is 0. The first kappa shape index (κ1) is 14.5. The van der Waals surface area contributed by atoms with Gasteiger partial charge < -0.3 is 10.3 Å². The minimum absolute atomic E-state index is 0.304. The Hall–Kier alpha value is -3.52. The largest absolute Gasteiger partial charge is 0.377 e. The third-order valence-corrected chi connectivity index (χ3v) is 6.48. The first-order valence-corrected chi connectivity index (χ1v) is 9.88. The summed E-state index contributed by atoms with van der Waals surface area (Å²) in [7, 11) is 0. The smallest absolute Gasteiger partial charge is 0.0559 e. The molecule has 0 bridgehead atoms. The highest BCUT2D eigenvalue weighted by atomic mass is 15.0. The summed E-state index contributed by atoms with van der Waals surface area (Å²) in [5.74, 6) is 0.367. The number of hydrogen-bond acceptors (Lipinski definition) is 1. The summed E-state index contributed by atoms with van der Waals surface area (Å²) in [5.41, 5.74) is 3.93. The van der Waals surface area contributed by atoms with Crippen molar-refractivity contribution in [2.24, 2.45) is 0 Å². The van der Waals surface area contributed by atoms with Gasteiger partial charge in [0.05, 0.1) is 11.6 Å². The number of nitrogens with one attached hydrogen (secondary N) is 2. The number of anilines is 1. The van der Waals surface area contributed by atoms with E-state index in [0.717, 1.165) is 0 Å². The molecule has 2 aliphatic rings. The van der Waals surface area contributed by atoms with Gasteiger partial charge in [-0.3, -0.25) is 0 Å². The molecule has 1 aliphatic carbocycles. The van der Waals surface area contributed by atoms with Crippen molar-refractivity contribution in [2.75, 3.05) is 5.32 Å². The number of aromatic amines is 1. The lowest BCUT2D eigenvalue weighted by Crippen LogP contribution is -2.34. The molecule has 0 saturated heterocycles. The second kappa shape index (κ2) is 5.05. The van der Waals surface area contributed by atoms with E-state index in [0.29, 0.717) is 12.0 Å². The number of aromatic nitrogens is 1. The summed E-state index contributed by atoms with van der Waals surface area (Å²) in [5, 5.41) is 12.9. The van der Waals surface area contributed by atoms with Crippen LogP contribution in [-0.4, -0.2) is 11.0 Å². The molecule has 0 amide bonds. The lowest BCUT2D eigenvalue weighted by Gasteiger charge is -2.15. The zero-order valence-electron chi connectivity index (χ0n) is 15.2. The predicted octanol–water partition coefficient (Wildman–Crippen LogP) is 4.63. The summed E-state index contributed by atoms with van der Waals surface area (Å²) < 4.78 is 0. The van der Waals surface area contributed by atoms with E-state index < -0.39 is 0 Å². The molecule has 0 saturated carbocycles. The van der Waals surface area contributed by atoms with Crippen molar-refractivity contribution >= 4 is 50.3 Å². The van der Waals surface area contributed by atoms with Crippen LogP contribution in [0.1, 0.15) is 11.5 Å². The van der Waals surface area contributed by atoms with Gasteiger partial charge in [-0.15, -0.1) is 0 Å². The maximum absolute atomic E-state index is 3.81. The molecule has 0 spiro atoms. The van der Waals surface area contributed by atoms with Crippen molar-refractivity contribution in [1.82, 2.24) is 4.98 Å². The quantitative estimate of drug-likeness (QED) is 0.415. The van der Waals surface area contributed by atoms with Crippen molar-refractivity contribution in [2.45, 2.75) is 12.0 Å². The van der Waals surface area contributed by atoms with Gasteiger partial charge in [-0.25, -0.2) is 0 Å². The van der Waals surface area contributed by atoms with Crippen LogP contribution in [0.2, 0.25) is 0 Å². The molecule has 2 nitrogen and oxygen atoms in total. The molecule has 4 aromatic carbocycles. The van der Waals surface area contributed by atoms with E-state index >= 15 is 0 Å². The topological polar surface area (TPSA) is 27.8 Å². The fourth-order valence-electron chi connectivity index (χ4n) is 5.16. The Morgan fingerprint density at radius 2 is 1.39 bits per heavy atom. The zero-order valence-corrected chi connectivity index (χ0v) is 15.2. The molecule has 132 valence electrons. The number of H-pyrrole nitrogens is 1. The third kappa shape index (κ3) is 1.77. The van der Waals surface area contributed by atoms with E-state index in [-0.39, 0.29) is 0 Å². The lowest BCUT2D eigenvalue weighted by atomic mass is 9.90. The Morgan fingerprint density at radius 1 is 0.643 bits per heavy atom. The molecule has 0 radical (unpaired) electrons. The minimum Gasteiger partial charge on any atom is -0.377 e. The molecule has 2 unspecified atom stereocenters. The molecular formula is C26H18N2. The van der Waals surface area contributed by atoms with Crippen LogP contribution in [0.4, 0.5) is 5.69 Å². The average Bonchev–Trinajstić information content (AvgIpc) is 3.30. The SMILES string of the molecule is C1=c2[nH]c3c(ccc4ccccc43)c2=CC2Nc3c(ccc4ccccc34)C12. The molecule has 5 aromatic rings. The zero-order chi connectivity index (χ0) is 18.2. The monoisotopic (exact) mass is 358 g/mol. The van der Waals surface area contributed by atoms with Gasteiger partial charge in [0.1, 0.15) is 0 Å². The van der Waals surface area contributed by atoms with Gasteiger partial charge >= 0.3 is 0 Å². The van der Waals surface area contributed by atoms with E-state index in [4.69, 9.17) is 0 Å². The molecule has 0 fully saturated rings. The van der Waals surface area contributed by atoms with Gasteiger partial charge in [0.15, 0.2) is 0 Å². The van der Waals surface area contributed by atoms with Gasteiger partial charge in [-0.2, -0.15) is 0 Å². The fraction of sp³-hybridized carbons (Fsp3) is 0.0769. The van der Waals surface area contributed by atoms with Crippen molar-refractivity contribution < 1.29 is 0 Å². The maximum Gasteiger partial charge on any atom is 0.0559 e. The maximum atomic E-state index is 3.81. The molecule has 1 aliphatic heterocycles. The number of hydrogen-bond donors (Lipinski definition) is 2. The van der Waals surface area contributed by atoms with Crippen molar-refractivity contribution in [3.8, 4) is 0 Å². The van der Waals surface area contributed by atoms with Crippen LogP contribution in [0, 0.1) is 0 Å². The van der Waals surface area contributed by atoms with E-state index in [1.165, 1.54) is 54.3 Å². The highest BCUT2D eigenvalue weighted by Gasteiger charge is 2.32. The highest BCUT2D eigenvalue weighted by Crippen LogP contribution is 2.42. The summed E-state index contributed by atoms with van der Waals surface area (Å²) >= 11 is 0. The molecule has 28 heavy (non-hydrogen) atoms. The van der Waals surface area contributed by atoms with Crippen LogP contribution >= 0.6 is 0 Å². The Balaban J connectivity index is 1.51. The second-order valence-corrected chi connectivity index (χ2v) is 7.94. The standard InChI is InChI=1S/C26H18N2/c1-3-7-17-15(5-1)9-11-19-21-13-24-22(14-23(21)27-25(17)19)20-12-10-16-6-2-4-8-18(16)26(20)28-24/h1-14,21,23,27-28H. The van der Waals surface area contributed by atoms with Gasteiger partial charge in [0, 0.05) is 38.3 Å². The van der Waals surface area contributed by atoms with E-state index in [9.17, 15) is 0 Å². The summed E-state index contributed by atoms with van der Waals surface area (Å²) in [6, 6.07) is 26.6. The Kier molecular flexibility index (Phi) is 2.62. The van der Waals surface area contributed by atoms with Crippen LogP contribution in [0.15, 0.2) is 72.8 Å². The molecule has 2 heterocycles. The highest BCUT2D eigenvalue weighted by molar-refractivity contribution is 6.06. The molecule has 2 atom stereocenters. The van der Waals surface area contributed by atoms with Crippen LogP contribution in [-0.2, 0) is 0 Å². The first-order chi connectivity index (χ1) is 13.9. The van der Waals surface area contributed by atoms with Crippen molar-refractivity contribution in [1.29, 1.82) is 0 Å². The second-order valence-electron chi connectivity index (χ2n) is 7.94. The summed E-state index contributed by atoms with van der Waals surface area (Å²) in [6.07, 6.45) is 4.84. The van der Waals surface area contributed by atoms with E-state index in [1.807, 2.05) is 0 Å². The van der Waals surface area contributed by atoms with Crippen LogP contribution in [0.25, 0.3) is 44.6 Å². The third-order valence-electron chi connectivity index (χ3n) is 6.48. The van der Waals surface area contributed by atoms with Crippen molar-refractivity contribution in [3.63, 3.8) is 0 Å². The molecule has 7 rings (SSSR count). The molecule has 1 aromatic heterocycles. The van der Waals surface area contributed by atoms with Gasteiger partial charge in [0.25, 0.3) is 0 Å². The van der Waals surface area contributed by atoms with E-state index in [1.54, 1.807) is 0 Å². The Labute approximate surface area is 161 Å². The van der Waals surface area contributed by atoms with Crippen LogP contribution < -0.4 is 15.9 Å². The number of fused-ring (bicyclic) bond motifs is 10. The lowest BCUT2D eigenvalue weighted by molar-refractivity contribution is 0.869. The Morgan fingerprint density at radius 3 is 2.29 bits per heavy atom. The van der Waals surface area contributed by atoms with Gasteiger partial charge in [0.2, 0.25) is 0 Å². The van der Waals surface area contributed by atoms with Gasteiger partial charge in [-0.1, -0.05) is 84.9 Å². The minimum atomic E-state index is 0.304. The molecular weight excluding hydrogens is 340 g/mol. The van der Waals surface area contributed by atoms with Crippen LogP contribution in [0.3, 0.4) is 0 Å². The normalized spacial score (nSPS) is 19.6. The average molecular weight is 358 g/mol. The van der Waals surface area contributed by atoms with Crippen LogP contribution in [0.5, 0.6) is 0 Å². The summed E-state index contributed by atoms with van der Waals surface area (Å²) in [4.78, 5) is 3.73. The first-order valence-electron chi connectivity index (χ1n) is 9.88. The fourth-order valence-corrected chi connectivity index (χ4v) is 5.16.